The largest absolute Gasteiger partial charge is 0.423 e. The van der Waals surface area contributed by atoms with E-state index in [0.29, 0.717) is 17.7 Å². The summed E-state index contributed by atoms with van der Waals surface area (Å²) in [7, 11) is 0. The number of hydrogen-bond acceptors (Lipinski definition) is 4. The van der Waals surface area contributed by atoms with Gasteiger partial charge in [-0.3, -0.25) is 0 Å². The van der Waals surface area contributed by atoms with E-state index >= 15 is 0 Å². The van der Waals surface area contributed by atoms with Gasteiger partial charge in [-0.2, -0.15) is 0 Å². The lowest BCUT2D eigenvalue weighted by molar-refractivity contribution is 0.411. The van der Waals surface area contributed by atoms with Crippen LogP contribution in [0.3, 0.4) is 0 Å². The third-order valence-electron chi connectivity index (χ3n) is 2.64. The number of nitrogens with two attached hydrogens (primary N) is 1. The Morgan fingerprint density at radius 1 is 1.62 bits per heavy atom. The average molecular weight is 181 g/mol. The molecule has 1 aliphatic rings. The van der Waals surface area contributed by atoms with Gasteiger partial charge in [-0.25, -0.2) is 0 Å². The highest BCUT2D eigenvalue weighted by Crippen LogP contribution is 2.46. The Morgan fingerprint density at radius 2 is 2.31 bits per heavy atom. The molecule has 2 N–H and O–H groups in total. The van der Waals surface area contributed by atoms with Crippen molar-refractivity contribution in [2.24, 2.45) is 11.7 Å². The molecule has 0 aliphatic heterocycles. The van der Waals surface area contributed by atoms with Crippen molar-refractivity contribution in [3.63, 3.8) is 0 Å². The lowest BCUT2D eigenvalue weighted by Crippen LogP contribution is -2.08. The summed E-state index contributed by atoms with van der Waals surface area (Å²) in [4.78, 5) is 0. The first-order valence-electron chi connectivity index (χ1n) is 4.81. The molecule has 3 atom stereocenters. The Bertz CT molecular complexity index is 278. The Labute approximate surface area is 77.5 Å². The third-order valence-corrected chi connectivity index (χ3v) is 2.64. The van der Waals surface area contributed by atoms with Gasteiger partial charge in [0.2, 0.25) is 11.8 Å². The van der Waals surface area contributed by atoms with Gasteiger partial charge in [0.25, 0.3) is 0 Å². The van der Waals surface area contributed by atoms with E-state index in [0.717, 1.165) is 12.3 Å². The van der Waals surface area contributed by atoms with Gasteiger partial charge in [0.1, 0.15) is 0 Å². The molecule has 0 amide bonds. The van der Waals surface area contributed by atoms with Gasteiger partial charge in [0, 0.05) is 5.92 Å². The van der Waals surface area contributed by atoms with Crippen LogP contribution >= 0.6 is 0 Å². The highest BCUT2D eigenvalue weighted by Gasteiger charge is 2.38. The molecule has 3 unspecified atom stereocenters. The maximum Gasteiger partial charge on any atom is 0.233 e. The summed E-state index contributed by atoms with van der Waals surface area (Å²) in [5.41, 5.74) is 5.77. The Balaban J connectivity index is 2.09. The molecule has 1 aliphatic carbocycles. The highest BCUT2D eigenvalue weighted by molar-refractivity contribution is 5.05. The van der Waals surface area contributed by atoms with Gasteiger partial charge in [-0.05, 0) is 18.8 Å². The normalized spacial score (nSPS) is 28.8. The van der Waals surface area contributed by atoms with E-state index < -0.39 is 0 Å². The Kier molecular flexibility index (Phi) is 2.07. The molecule has 1 fully saturated rings. The predicted molar refractivity (Wildman–Crippen MR) is 48.0 cm³/mol. The van der Waals surface area contributed by atoms with Crippen molar-refractivity contribution in [3.8, 4) is 0 Å². The summed E-state index contributed by atoms with van der Waals surface area (Å²) in [6, 6.07) is -0.102. The summed E-state index contributed by atoms with van der Waals surface area (Å²) in [5.74, 6) is 2.54. The van der Waals surface area contributed by atoms with Gasteiger partial charge in [0.15, 0.2) is 0 Å². The smallest absolute Gasteiger partial charge is 0.233 e. The molecule has 0 radical (unpaired) electrons. The molecule has 0 bridgehead atoms. The first-order chi connectivity index (χ1) is 6.22. The molecular weight excluding hydrogens is 166 g/mol. The molecule has 2 rings (SSSR count). The van der Waals surface area contributed by atoms with Gasteiger partial charge in [-0.1, -0.05) is 13.8 Å². The van der Waals surface area contributed by atoms with E-state index in [4.69, 9.17) is 10.2 Å². The highest BCUT2D eigenvalue weighted by atomic mass is 16.4. The first kappa shape index (κ1) is 8.69. The molecule has 13 heavy (non-hydrogen) atoms. The standard InChI is InChI=1S/C9H15N3O/c1-3-7(10)9-12-11-8(13-9)6-4-5(6)2/h5-7H,3-4,10H2,1-2H3. The minimum Gasteiger partial charge on any atom is -0.423 e. The van der Waals surface area contributed by atoms with E-state index in [9.17, 15) is 0 Å². The van der Waals surface area contributed by atoms with Gasteiger partial charge in [-0.15, -0.1) is 10.2 Å². The number of aromatic nitrogens is 2. The molecule has 1 aromatic heterocycles. The molecule has 4 heteroatoms. The average Bonchev–Trinajstić information content (AvgIpc) is 2.70. The molecular formula is C9H15N3O. The van der Waals surface area contributed by atoms with Crippen LogP contribution in [-0.2, 0) is 0 Å². The van der Waals surface area contributed by atoms with Gasteiger partial charge >= 0.3 is 0 Å². The van der Waals surface area contributed by atoms with Gasteiger partial charge < -0.3 is 10.2 Å². The fourth-order valence-electron chi connectivity index (χ4n) is 1.39. The van der Waals surface area contributed by atoms with Crippen LogP contribution in [0.25, 0.3) is 0 Å². The van der Waals surface area contributed by atoms with Crippen molar-refractivity contribution in [1.82, 2.24) is 10.2 Å². The van der Waals surface area contributed by atoms with Crippen LogP contribution in [0.15, 0.2) is 4.42 Å². The van der Waals surface area contributed by atoms with Crippen LogP contribution in [0.1, 0.15) is 50.4 Å². The van der Waals surface area contributed by atoms with Crippen molar-refractivity contribution in [3.05, 3.63) is 11.8 Å². The number of nitrogens with zero attached hydrogens (tertiary/aromatic N) is 2. The SMILES string of the molecule is CCC(N)c1nnc(C2CC2C)o1. The maximum atomic E-state index is 5.77. The Hall–Kier alpha value is -0.900. The summed E-state index contributed by atoms with van der Waals surface area (Å²) >= 11 is 0. The van der Waals surface area contributed by atoms with Gasteiger partial charge in [0.05, 0.1) is 6.04 Å². The summed E-state index contributed by atoms with van der Waals surface area (Å²) in [6.07, 6.45) is 2.00. The monoisotopic (exact) mass is 181 g/mol. The molecule has 1 saturated carbocycles. The molecule has 1 aromatic rings. The molecule has 0 saturated heterocycles. The van der Waals surface area contributed by atoms with Crippen LogP contribution in [0, 0.1) is 5.92 Å². The van der Waals surface area contributed by atoms with Crippen molar-refractivity contribution < 1.29 is 4.42 Å². The molecule has 0 aromatic carbocycles. The van der Waals surface area contributed by atoms with E-state index in [1.165, 1.54) is 6.42 Å². The fraction of sp³-hybridized carbons (Fsp3) is 0.778. The number of hydrogen-bond donors (Lipinski definition) is 1. The van der Waals surface area contributed by atoms with Crippen LogP contribution in [0.5, 0.6) is 0 Å². The van der Waals surface area contributed by atoms with Crippen LogP contribution in [0.4, 0.5) is 0 Å². The van der Waals surface area contributed by atoms with E-state index in [1.807, 2.05) is 6.92 Å². The van der Waals surface area contributed by atoms with Crippen molar-refractivity contribution >= 4 is 0 Å². The zero-order valence-electron chi connectivity index (χ0n) is 8.03. The van der Waals surface area contributed by atoms with E-state index in [2.05, 4.69) is 17.1 Å². The Morgan fingerprint density at radius 3 is 2.85 bits per heavy atom. The molecule has 72 valence electrons. The van der Waals surface area contributed by atoms with E-state index in [-0.39, 0.29) is 6.04 Å². The summed E-state index contributed by atoms with van der Waals surface area (Å²) < 4.78 is 5.48. The zero-order valence-corrected chi connectivity index (χ0v) is 8.03. The van der Waals surface area contributed by atoms with Crippen molar-refractivity contribution in [1.29, 1.82) is 0 Å². The summed E-state index contributed by atoms with van der Waals surface area (Å²) in [5, 5.41) is 7.94. The molecule has 1 heterocycles. The minimum atomic E-state index is -0.102. The molecule has 0 spiro atoms. The van der Waals surface area contributed by atoms with Crippen molar-refractivity contribution in [2.45, 2.75) is 38.6 Å². The maximum absolute atomic E-state index is 5.77. The second-order valence-electron chi connectivity index (χ2n) is 3.81. The fourth-order valence-corrected chi connectivity index (χ4v) is 1.39. The quantitative estimate of drug-likeness (QED) is 0.769. The van der Waals surface area contributed by atoms with E-state index in [1.54, 1.807) is 0 Å². The lowest BCUT2D eigenvalue weighted by atomic mass is 10.2. The first-order valence-corrected chi connectivity index (χ1v) is 4.81. The topological polar surface area (TPSA) is 64.9 Å². The zero-order chi connectivity index (χ0) is 9.42. The third kappa shape index (κ3) is 1.58. The van der Waals surface area contributed by atoms with Crippen LogP contribution in [-0.4, -0.2) is 10.2 Å². The molecule has 4 nitrogen and oxygen atoms in total. The lowest BCUT2D eigenvalue weighted by Gasteiger charge is -1.99. The second-order valence-corrected chi connectivity index (χ2v) is 3.81. The van der Waals surface area contributed by atoms with Crippen LogP contribution < -0.4 is 5.73 Å². The predicted octanol–water partition coefficient (Wildman–Crippen LogP) is 1.60. The van der Waals surface area contributed by atoms with Crippen molar-refractivity contribution in [2.75, 3.05) is 0 Å². The minimum absolute atomic E-state index is 0.102. The summed E-state index contributed by atoms with van der Waals surface area (Å²) in [6.45, 7) is 4.20. The second kappa shape index (κ2) is 3.10. The number of rotatable bonds is 3. The van der Waals surface area contributed by atoms with Crippen LogP contribution in [0.2, 0.25) is 0 Å².